The lowest BCUT2D eigenvalue weighted by Gasteiger charge is -2.37. The maximum absolute atomic E-state index is 13.3. The van der Waals surface area contributed by atoms with E-state index >= 15 is 0 Å². The van der Waals surface area contributed by atoms with Crippen LogP contribution in [0.5, 0.6) is 11.5 Å². The Hall–Kier alpha value is -1.27. The molecule has 0 bridgehead atoms. The van der Waals surface area contributed by atoms with Gasteiger partial charge >= 0.3 is 0 Å². The molecule has 3 rings (SSSR count). The first-order valence-electron chi connectivity index (χ1n) is 7.82. The van der Waals surface area contributed by atoms with Crippen molar-refractivity contribution in [1.82, 2.24) is 4.31 Å². The van der Waals surface area contributed by atoms with Gasteiger partial charge < -0.3 is 9.47 Å². The molecular weight excluding hydrogens is 302 g/mol. The predicted octanol–water partition coefficient (Wildman–Crippen LogP) is 2.66. The lowest BCUT2D eigenvalue weighted by Crippen LogP contribution is -2.46. The van der Waals surface area contributed by atoms with E-state index in [1.165, 1.54) is 14.2 Å². The van der Waals surface area contributed by atoms with Crippen molar-refractivity contribution in [2.45, 2.75) is 43.0 Å². The molecule has 0 N–H and O–H groups in total. The number of hydrogen-bond acceptors (Lipinski definition) is 4. The van der Waals surface area contributed by atoms with Gasteiger partial charge in [-0.1, -0.05) is 12.5 Å². The largest absolute Gasteiger partial charge is 0.495 e. The van der Waals surface area contributed by atoms with Crippen LogP contribution in [0.3, 0.4) is 0 Å². The number of methoxy groups -OCH3 is 2. The van der Waals surface area contributed by atoms with Crippen molar-refractivity contribution in [3.05, 3.63) is 18.2 Å². The van der Waals surface area contributed by atoms with E-state index in [0.717, 1.165) is 32.1 Å². The summed E-state index contributed by atoms with van der Waals surface area (Å²) in [6, 6.07) is 5.22. The number of nitrogens with zero attached hydrogens (tertiary/aromatic N) is 1. The quantitative estimate of drug-likeness (QED) is 0.854. The summed E-state index contributed by atoms with van der Waals surface area (Å²) in [5.74, 6) is 1.20. The van der Waals surface area contributed by atoms with Gasteiger partial charge in [-0.25, -0.2) is 8.42 Å². The average Bonchev–Trinajstić information content (AvgIpc) is 3.02. The lowest BCUT2D eigenvalue weighted by atomic mass is 9.94. The molecule has 122 valence electrons. The van der Waals surface area contributed by atoms with Gasteiger partial charge in [0.05, 0.1) is 14.2 Å². The Kier molecular flexibility index (Phi) is 4.32. The first-order valence-corrected chi connectivity index (χ1v) is 9.26. The number of sulfonamides is 1. The van der Waals surface area contributed by atoms with Crippen LogP contribution in [0.2, 0.25) is 0 Å². The Balaban J connectivity index is 2.06. The van der Waals surface area contributed by atoms with Crippen molar-refractivity contribution in [1.29, 1.82) is 0 Å². The average molecular weight is 325 g/mol. The summed E-state index contributed by atoms with van der Waals surface area (Å²) >= 11 is 0. The number of benzene rings is 1. The van der Waals surface area contributed by atoms with Crippen molar-refractivity contribution < 1.29 is 17.9 Å². The van der Waals surface area contributed by atoms with Crippen molar-refractivity contribution in [2.24, 2.45) is 5.92 Å². The van der Waals surface area contributed by atoms with E-state index in [-0.39, 0.29) is 10.9 Å². The Morgan fingerprint density at radius 3 is 2.32 bits per heavy atom. The predicted molar refractivity (Wildman–Crippen MR) is 83.8 cm³/mol. The molecule has 1 aromatic carbocycles. The van der Waals surface area contributed by atoms with Crippen LogP contribution in [-0.2, 0) is 10.0 Å². The molecule has 6 heteroatoms. The highest BCUT2D eigenvalue weighted by Gasteiger charge is 2.43. The fourth-order valence-electron chi connectivity index (χ4n) is 3.90. The molecule has 0 spiro atoms. The first kappa shape index (κ1) is 15.6. The molecule has 1 saturated carbocycles. The van der Waals surface area contributed by atoms with Gasteiger partial charge in [-0.2, -0.15) is 4.31 Å². The minimum Gasteiger partial charge on any atom is -0.495 e. The lowest BCUT2D eigenvalue weighted by molar-refractivity contribution is 0.201. The molecule has 1 aromatic rings. The van der Waals surface area contributed by atoms with Crippen LogP contribution in [0.4, 0.5) is 0 Å². The third-order valence-electron chi connectivity index (χ3n) is 4.89. The second-order valence-corrected chi connectivity index (χ2v) is 7.84. The zero-order chi connectivity index (χ0) is 15.7. The highest BCUT2D eigenvalue weighted by Crippen LogP contribution is 2.42. The van der Waals surface area contributed by atoms with Crippen LogP contribution in [-0.4, -0.2) is 39.5 Å². The minimum absolute atomic E-state index is 0.133. The molecule has 0 amide bonds. The summed E-state index contributed by atoms with van der Waals surface area (Å²) in [6.45, 7) is 0.588. The van der Waals surface area contributed by atoms with Gasteiger partial charge in [-0.3, -0.25) is 0 Å². The summed E-state index contributed by atoms with van der Waals surface area (Å²) in [4.78, 5) is 0.160. The number of piperidine rings is 1. The molecule has 22 heavy (non-hydrogen) atoms. The third kappa shape index (κ3) is 2.48. The van der Waals surface area contributed by atoms with E-state index in [4.69, 9.17) is 9.47 Å². The van der Waals surface area contributed by atoms with E-state index in [9.17, 15) is 8.42 Å². The summed E-state index contributed by atoms with van der Waals surface area (Å²) in [5.41, 5.74) is 0. The summed E-state index contributed by atoms with van der Waals surface area (Å²) < 4.78 is 38.8. The molecule has 0 aromatic heterocycles. The van der Waals surface area contributed by atoms with Gasteiger partial charge in [0.25, 0.3) is 10.0 Å². The maximum Gasteiger partial charge on any atom is 0.250 e. The summed E-state index contributed by atoms with van der Waals surface area (Å²) in [6.07, 6.45) is 5.28. The molecule has 1 saturated heterocycles. The van der Waals surface area contributed by atoms with Crippen LogP contribution in [0.25, 0.3) is 0 Å². The standard InChI is InChI=1S/C16H23NO4S/c1-20-14-9-4-10-15(21-2)16(14)22(18,19)17-11-5-7-12-6-3-8-13(12)17/h4,9-10,12-13H,3,5-8,11H2,1-2H3/t12-,13-/m0/s1. The first-order chi connectivity index (χ1) is 10.6. The Bertz CT molecular complexity index is 621. The third-order valence-corrected chi connectivity index (χ3v) is 6.88. The van der Waals surface area contributed by atoms with Gasteiger partial charge in [-0.15, -0.1) is 0 Å². The molecule has 0 radical (unpaired) electrons. The monoisotopic (exact) mass is 325 g/mol. The minimum atomic E-state index is -3.62. The van der Waals surface area contributed by atoms with E-state index in [1.54, 1.807) is 22.5 Å². The van der Waals surface area contributed by atoms with Gasteiger partial charge in [0.2, 0.25) is 0 Å². The number of fused-ring (bicyclic) bond motifs is 1. The Morgan fingerprint density at radius 1 is 1.05 bits per heavy atom. The molecule has 2 atom stereocenters. The van der Waals surface area contributed by atoms with Crippen molar-refractivity contribution >= 4 is 10.0 Å². The van der Waals surface area contributed by atoms with Crippen molar-refractivity contribution in [3.8, 4) is 11.5 Å². The molecule has 5 nitrogen and oxygen atoms in total. The molecule has 1 heterocycles. The number of hydrogen-bond donors (Lipinski definition) is 0. The van der Waals surface area contributed by atoms with Crippen LogP contribution in [0.15, 0.2) is 23.1 Å². The number of ether oxygens (including phenoxy) is 2. The van der Waals surface area contributed by atoms with Gasteiger partial charge in [0.1, 0.15) is 11.5 Å². The smallest absolute Gasteiger partial charge is 0.250 e. The van der Waals surface area contributed by atoms with Crippen molar-refractivity contribution in [3.63, 3.8) is 0 Å². The highest BCUT2D eigenvalue weighted by atomic mass is 32.2. The Morgan fingerprint density at radius 2 is 1.68 bits per heavy atom. The van der Waals surface area contributed by atoms with Gasteiger partial charge in [0, 0.05) is 12.6 Å². The molecule has 1 aliphatic carbocycles. The van der Waals surface area contributed by atoms with Crippen LogP contribution in [0.1, 0.15) is 32.1 Å². The zero-order valence-electron chi connectivity index (χ0n) is 13.1. The van der Waals surface area contributed by atoms with E-state index < -0.39 is 10.0 Å². The molecule has 2 aliphatic rings. The molecule has 0 unspecified atom stereocenters. The molecule has 2 fully saturated rings. The second kappa shape index (κ2) is 6.08. The van der Waals surface area contributed by atoms with E-state index in [1.807, 2.05) is 0 Å². The zero-order valence-corrected chi connectivity index (χ0v) is 13.9. The van der Waals surface area contributed by atoms with E-state index in [0.29, 0.717) is 24.0 Å². The van der Waals surface area contributed by atoms with Gasteiger partial charge in [0.15, 0.2) is 4.90 Å². The molecular formula is C16H23NO4S. The summed E-state index contributed by atoms with van der Waals surface area (Å²) in [7, 11) is -0.641. The fourth-order valence-corrected chi connectivity index (χ4v) is 5.94. The van der Waals surface area contributed by atoms with Crippen LogP contribution < -0.4 is 9.47 Å². The fraction of sp³-hybridized carbons (Fsp3) is 0.625. The second-order valence-electron chi connectivity index (χ2n) is 6.01. The highest BCUT2D eigenvalue weighted by molar-refractivity contribution is 7.89. The van der Waals surface area contributed by atoms with Crippen LogP contribution in [0, 0.1) is 5.92 Å². The normalized spacial score (nSPS) is 25.7. The maximum atomic E-state index is 13.3. The van der Waals surface area contributed by atoms with Crippen LogP contribution >= 0.6 is 0 Å². The summed E-state index contributed by atoms with van der Waals surface area (Å²) in [5, 5.41) is 0. The molecule has 1 aliphatic heterocycles. The van der Waals surface area contributed by atoms with Gasteiger partial charge in [-0.05, 0) is 43.7 Å². The SMILES string of the molecule is COc1cccc(OC)c1S(=O)(=O)N1CCC[C@@H]2CCC[C@@H]21. The van der Waals surface area contributed by atoms with Crippen molar-refractivity contribution in [2.75, 3.05) is 20.8 Å². The topological polar surface area (TPSA) is 55.8 Å². The van der Waals surface area contributed by atoms with E-state index in [2.05, 4.69) is 0 Å². The Labute approximate surface area is 132 Å². The number of rotatable bonds is 4.